The van der Waals surface area contributed by atoms with Crippen molar-refractivity contribution < 1.29 is 14.2 Å². The summed E-state index contributed by atoms with van der Waals surface area (Å²) in [5.74, 6) is 3.01. The second-order valence-electron chi connectivity index (χ2n) is 5.46. The van der Waals surface area contributed by atoms with Crippen LogP contribution in [-0.2, 0) is 13.0 Å². The highest BCUT2D eigenvalue weighted by Gasteiger charge is 2.13. The van der Waals surface area contributed by atoms with Crippen LogP contribution in [0.4, 0.5) is 0 Å². The molecule has 6 nitrogen and oxygen atoms in total. The van der Waals surface area contributed by atoms with E-state index in [1.54, 1.807) is 32.7 Å². The van der Waals surface area contributed by atoms with Crippen LogP contribution in [0.3, 0.4) is 0 Å². The highest BCUT2D eigenvalue weighted by molar-refractivity contribution is 7.09. The molecule has 0 radical (unpaired) electrons. The molecule has 2 rings (SSSR count). The zero-order valence-corrected chi connectivity index (χ0v) is 16.6. The van der Waals surface area contributed by atoms with Crippen molar-refractivity contribution in [2.75, 3.05) is 34.4 Å². The maximum Gasteiger partial charge on any atom is 0.191 e. The van der Waals surface area contributed by atoms with Crippen LogP contribution in [0.5, 0.6) is 17.2 Å². The highest BCUT2D eigenvalue weighted by Crippen LogP contribution is 2.34. The Kier molecular flexibility index (Phi) is 8.08. The molecule has 26 heavy (non-hydrogen) atoms. The largest absolute Gasteiger partial charge is 0.496 e. The summed E-state index contributed by atoms with van der Waals surface area (Å²) in [6.45, 7) is 4.24. The van der Waals surface area contributed by atoms with Crippen LogP contribution < -0.4 is 24.8 Å². The summed E-state index contributed by atoms with van der Waals surface area (Å²) in [6.07, 6.45) is 0.736. The number of benzene rings is 1. The maximum atomic E-state index is 5.50. The Morgan fingerprint density at radius 3 is 2.35 bits per heavy atom. The molecule has 0 unspecified atom stereocenters. The SMILES string of the molecule is CCNC(=NCc1cccs1)NCCc1c(OC)cc(OC)cc1OC. The Hall–Kier alpha value is -2.41. The molecular weight excluding hydrogens is 350 g/mol. The van der Waals surface area contributed by atoms with E-state index in [0.717, 1.165) is 36.0 Å². The van der Waals surface area contributed by atoms with Gasteiger partial charge in [-0.1, -0.05) is 6.07 Å². The number of aliphatic imine (C=N–C) groups is 1. The van der Waals surface area contributed by atoms with Crippen molar-refractivity contribution in [2.24, 2.45) is 4.99 Å². The lowest BCUT2D eigenvalue weighted by Gasteiger charge is -2.16. The molecule has 0 aliphatic rings. The van der Waals surface area contributed by atoms with Gasteiger partial charge in [-0.15, -0.1) is 11.3 Å². The highest BCUT2D eigenvalue weighted by atomic mass is 32.1. The lowest BCUT2D eigenvalue weighted by molar-refractivity contribution is 0.368. The third-order valence-corrected chi connectivity index (χ3v) is 4.66. The zero-order valence-electron chi connectivity index (χ0n) is 15.8. The third-order valence-electron chi connectivity index (χ3n) is 3.80. The fourth-order valence-corrected chi connectivity index (χ4v) is 3.16. The Morgan fingerprint density at radius 1 is 1.08 bits per heavy atom. The predicted octanol–water partition coefficient (Wildman–Crippen LogP) is 3.07. The minimum Gasteiger partial charge on any atom is -0.496 e. The van der Waals surface area contributed by atoms with Gasteiger partial charge in [0.1, 0.15) is 17.2 Å². The zero-order chi connectivity index (χ0) is 18.8. The predicted molar refractivity (Wildman–Crippen MR) is 107 cm³/mol. The van der Waals surface area contributed by atoms with Crippen LogP contribution in [0.1, 0.15) is 17.4 Å². The number of ether oxygens (including phenoxy) is 3. The number of rotatable bonds is 9. The van der Waals surface area contributed by atoms with E-state index in [-0.39, 0.29) is 0 Å². The van der Waals surface area contributed by atoms with E-state index in [2.05, 4.69) is 34.0 Å². The van der Waals surface area contributed by atoms with Crippen LogP contribution >= 0.6 is 11.3 Å². The number of nitrogens with one attached hydrogen (secondary N) is 2. The molecule has 0 saturated heterocycles. The average molecular weight is 378 g/mol. The molecule has 0 amide bonds. The first-order valence-corrected chi connectivity index (χ1v) is 9.43. The van der Waals surface area contributed by atoms with Crippen molar-refractivity contribution in [1.29, 1.82) is 0 Å². The molecule has 0 atom stereocenters. The van der Waals surface area contributed by atoms with Crippen molar-refractivity contribution in [3.05, 3.63) is 40.1 Å². The van der Waals surface area contributed by atoms with E-state index in [1.807, 2.05) is 18.2 Å². The minimum atomic E-state index is 0.669. The van der Waals surface area contributed by atoms with Crippen LogP contribution in [0.2, 0.25) is 0 Å². The molecule has 0 fully saturated rings. The average Bonchev–Trinajstić information content (AvgIpc) is 3.19. The first-order valence-electron chi connectivity index (χ1n) is 8.55. The minimum absolute atomic E-state index is 0.669. The van der Waals surface area contributed by atoms with Crippen LogP contribution in [0, 0.1) is 0 Å². The Labute approximate surface area is 159 Å². The van der Waals surface area contributed by atoms with Gasteiger partial charge in [-0.2, -0.15) is 0 Å². The first kappa shape index (κ1) is 19.9. The summed E-state index contributed by atoms with van der Waals surface area (Å²) in [4.78, 5) is 5.86. The van der Waals surface area contributed by atoms with Gasteiger partial charge in [0, 0.05) is 35.7 Å². The Bertz CT molecular complexity index is 677. The summed E-state index contributed by atoms with van der Waals surface area (Å²) in [7, 11) is 4.93. The molecule has 1 aromatic heterocycles. The maximum absolute atomic E-state index is 5.50. The number of thiophene rings is 1. The molecule has 142 valence electrons. The van der Waals surface area contributed by atoms with Crippen molar-refractivity contribution in [1.82, 2.24) is 10.6 Å². The Balaban J connectivity index is 2.03. The molecule has 1 aromatic carbocycles. The van der Waals surface area contributed by atoms with E-state index in [1.165, 1.54) is 4.88 Å². The summed E-state index contributed by atoms with van der Waals surface area (Å²) in [5, 5.41) is 8.69. The second-order valence-corrected chi connectivity index (χ2v) is 6.49. The van der Waals surface area contributed by atoms with E-state index in [0.29, 0.717) is 18.8 Å². The molecule has 7 heteroatoms. The monoisotopic (exact) mass is 377 g/mol. The summed E-state index contributed by atoms with van der Waals surface area (Å²) >= 11 is 1.71. The molecular formula is C19H27N3O3S. The normalized spacial score (nSPS) is 11.2. The van der Waals surface area contributed by atoms with Gasteiger partial charge >= 0.3 is 0 Å². The molecule has 2 N–H and O–H groups in total. The molecule has 2 aromatic rings. The molecule has 0 spiro atoms. The van der Waals surface area contributed by atoms with Gasteiger partial charge in [0.25, 0.3) is 0 Å². The fraction of sp³-hybridized carbons (Fsp3) is 0.421. The standard InChI is InChI=1S/C19H27N3O3S/c1-5-20-19(22-13-15-7-6-10-26-15)21-9-8-16-17(24-3)11-14(23-2)12-18(16)25-4/h6-7,10-12H,5,8-9,13H2,1-4H3,(H2,20,21,22). The molecule has 0 aliphatic heterocycles. The smallest absolute Gasteiger partial charge is 0.191 e. The summed E-state index contributed by atoms with van der Waals surface area (Å²) in [6, 6.07) is 7.87. The van der Waals surface area contributed by atoms with Crippen molar-refractivity contribution in [3.8, 4) is 17.2 Å². The van der Waals surface area contributed by atoms with Crippen molar-refractivity contribution >= 4 is 17.3 Å². The quantitative estimate of drug-likeness (QED) is 0.519. The lowest BCUT2D eigenvalue weighted by Crippen LogP contribution is -2.38. The number of hydrogen-bond donors (Lipinski definition) is 2. The van der Waals surface area contributed by atoms with Crippen LogP contribution in [0.15, 0.2) is 34.6 Å². The Morgan fingerprint density at radius 2 is 1.81 bits per heavy atom. The third kappa shape index (κ3) is 5.56. The number of hydrogen-bond acceptors (Lipinski definition) is 5. The van der Waals surface area contributed by atoms with Gasteiger partial charge in [0.15, 0.2) is 5.96 Å². The second kappa shape index (κ2) is 10.6. The summed E-state index contributed by atoms with van der Waals surface area (Å²) < 4.78 is 16.3. The van der Waals surface area contributed by atoms with Crippen molar-refractivity contribution in [3.63, 3.8) is 0 Å². The first-order chi connectivity index (χ1) is 12.7. The van der Waals surface area contributed by atoms with Gasteiger partial charge in [0.05, 0.1) is 27.9 Å². The molecule has 0 saturated carbocycles. The number of methoxy groups -OCH3 is 3. The van der Waals surface area contributed by atoms with Crippen LogP contribution in [0.25, 0.3) is 0 Å². The van der Waals surface area contributed by atoms with E-state index in [9.17, 15) is 0 Å². The van der Waals surface area contributed by atoms with Gasteiger partial charge < -0.3 is 24.8 Å². The molecule has 0 aliphatic carbocycles. The van der Waals surface area contributed by atoms with Gasteiger partial charge in [0.2, 0.25) is 0 Å². The molecule has 0 bridgehead atoms. The topological polar surface area (TPSA) is 64.1 Å². The van der Waals surface area contributed by atoms with E-state index >= 15 is 0 Å². The fourth-order valence-electron chi connectivity index (χ4n) is 2.53. The van der Waals surface area contributed by atoms with Crippen LogP contribution in [-0.4, -0.2) is 40.4 Å². The van der Waals surface area contributed by atoms with E-state index in [4.69, 9.17) is 14.2 Å². The lowest BCUT2D eigenvalue weighted by atomic mass is 10.1. The number of nitrogens with zero attached hydrogens (tertiary/aromatic N) is 1. The summed E-state index contributed by atoms with van der Waals surface area (Å²) in [5.41, 5.74) is 0.998. The van der Waals surface area contributed by atoms with E-state index < -0.39 is 0 Å². The molecule has 1 heterocycles. The van der Waals surface area contributed by atoms with Gasteiger partial charge in [-0.25, -0.2) is 4.99 Å². The van der Waals surface area contributed by atoms with Crippen molar-refractivity contribution in [2.45, 2.75) is 19.9 Å². The van der Waals surface area contributed by atoms with Gasteiger partial charge in [-0.3, -0.25) is 0 Å². The number of guanidine groups is 1. The van der Waals surface area contributed by atoms with Gasteiger partial charge in [-0.05, 0) is 24.8 Å².